The molecule has 13 heavy (non-hydrogen) atoms. The Kier molecular flexibility index (Phi) is 1.66. The number of nitrogens with zero attached hydrogens (tertiary/aromatic N) is 3. The van der Waals surface area contributed by atoms with Gasteiger partial charge in [0.05, 0.1) is 0 Å². The molecular weight excluding hydrogens is 170 g/mol. The van der Waals surface area contributed by atoms with E-state index in [1.165, 1.54) is 4.68 Å². The summed E-state index contributed by atoms with van der Waals surface area (Å²) in [4.78, 5) is 0. The van der Waals surface area contributed by atoms with Crippen LogP contribution in [0.25, 0.3) is 0 Å². The third kappa shape index (κ3) is 1.14. The van der Waals surface area contributed by atoms with Gasteiger partial charge in [-0.25, -0.2) is 4.68 Å². The van der Waals surface area contributed by atoms with Gasteiger partial charge in [-0.2, -0.15) is 0 Å². The standard InChI is InChI=1S/C7H13N5O/c1-7(3-2-4-13-7)5-10-11-6(8)12(5)9/h2-4,9H2,1H3,(H2,8,11). The molecule has 1 aliphatic rings. The molecule has 0 aliphatic carbocycles. The van der Waals surface area contributed by atoms with Gasteiger partial charge in [0.2, 0.25) is 5.95 Å². The first kappa shape index (κ1) is 8.31. The summed E-state index contributed by atoms with van der Waals surface area (Å²) in [5.41, 5.74) is 5.06. The molecular formula is C7H13N5O. The Labute approximate surface area is 75.8 Å². The van der Waals surface area contributed by atoms with Crippen LogP contribution in [0.5, 0.6) is 0 Å². The first-order valence-corrected chi connectivity index (χ1v) is 4.24. The van der Waals surface area contributed by atoms with Crippen molar-refractivity contribution >= 4 is 5.95 Å². The maximum Gasteiger partial charge on any atom is 0.240 e. The van der Waals surface area contributed by atoms with Crippen molar-refractivity contribution in [2.24, 2.45) is 0 Å². The number of hydrogen-bond donors (Lipinski definition) is 2. The molecule has 6 nitrogen and oxygen atoms in total. The van der Waals surface area contributed by atoms with Crippen LogP contribution in [-0.2, 0) is 10.3 Å². The third-order valence-electron chi connectivity index (χ3n) is 2.41. The van der Waals surface area contributed by atoms with E-state index in [-0.39, 0.29) is 5.95 Å². The molecule has 0 radical (unpaired) electrons. The van der Waals surface area contributed by atoms with Crippen molar-refractivity contribution < 1.29 is 4.74 Å². The van der Waals surface area contributed by atoms with E-state index in [0.29, 0.717) is 5.82 Å². The van der Waals surface area contributed by atoms with E-state index in [0.717, 1.165) is 19.4 Å². The van der Waals surface area contributed by atoms with Crippen LogP contribution < -0.4 is 11.6 Å². The van der Waals surface area contributed by atoms with Gasteiger partial charge >= 0.3 is 0 Å². The molecule has 0 saturated carbocycles. The van der Waals surface area contributed by atoms with E-state index < -0.39 is 5.60 Å². The Morgan fingerprint density at radius 1 is 1.54 bits per heavy atom. The molecule has 2 rings (SSSR count). The minimum absolute atomic E-state index is 0.215. The number of aromatic nitrogens is 3. The van der Waals surface area contributed by atoms with Gasteiger partial charge < -0.3 is 16.3 Å². The van der Waals surface area contributed by atoms with Crippen molar-refractivity contribution in [2.75, 3.05) is 18.2 Å². The van der Waals surface area contributed by atoms with Gasteiger partial charge in [-0.15, -0.1) is 10.2 Å². The summed E-state index contributed by atoms with van der Waals surface area (Å²) < 4.78 is 6.84. The van der Waals surface area contributed by atoms with Crippen molar-refractivity contribution in [3.63, 3.8) is 0 Å². The molecule has 0 bridgehead atoms. The van der Waals surface area contributed by atoms with E-state index in [4.69, 9.17) is 16.3 Å². The highest BCUT2D eigenvalue weighted by atomic mass is 16.5. The Morgan fingerprint density at radius 2 is 2.31 bits per heavy atom. The molecule has 72 valence electrons. The lowest BCUT2D eigenvalue weighted by Crippen LogP contribution is -2.29. The molecule has 1 aromatic rings. The monoisotopic (exact) mass is 183 g/mol. The molecule has 2 heterocycles. The lowest BCUT2D eigenvalue weighted by Gasteiger charge is -2.20. The highest BCUT2D eigenvalue weighted by Gasteiger charge is 2.37. The molecule has 1 fully saturated rings. The van der Waals surface area contributed by atoms with Gasteiger partial charge in [0.15, 0.2) is 5.82 Å². The molecule has 0 spiro atoms. The van der Waals surface area contributed by atoms with Crippen LogP contribution in [-0.4, -0.2) is 21.5 Å². The maximum atomic E-state index is 5.65. The Bertz CT molecular complexity index is 315. The van der Waals surface area contributed by atoms with Gasteiger partial charge in [0, 0.05) is 6.61 Å². The Morgan fingerprint density at radius 3 is 2.77 bits per heavy atom. The first-order chi connectivity index (χ1) is 6.13. The minimum atomic E-state index is -0.417. The second-order valence-corrected chi connectivity index (χ2v) is 3.43. The topological polar surface area (TPSA) is 92.0 Å². The molecule has 1 aromatic heterocycles. The number of hydrogen-bond acceptors (Lipinski definition) is 5. The summed E-state index contributed by atoms with van der Waals surface area (Å²) in [5, 5.41) is 7.60. The van der Waals surface area contributed by atoms with Crippen molar-refractivity contribution in [1.82, 2.24) is 14.9 Å². The van der Waals surface area contributed by atoms with E-state index in [9.17, 15) is 0 Å². The van der Waals surface area contributed by atoms with Crippen LogP contribution in [0.15, 0.2) is 0 Å². The Balaban J connectivity index is 2.39. The molecule has 1 saturated heterocycles. The maximum absolute atomic E-state index is 5.65. The first-order valence-electron chi connectivity index (χ1n) is 4.24. The fourth-order valence-electron chi connectivity index (χ4n) is 1.62. The number of anilines is 1. The van der Waals surface area contributed by atoms with Crippen molar-refractivity contribution in [2.45, 2.75) is 25.4 Å². The normalized spacial score (nSPS) is 28.1. The van der Waals surface area contributed by atoms with Crippen molar-refractivity contribution in [1.29, 1.82) is 0 Å². The van der Waals surface area contributed by atoms with E-state index in [1.807, 2.05) is 6.92 Å². The lowest BCUT2D eigenvalue weighted by atomic mass is 10.0. The van der Waals surface area contributed by atoms with Crippen LogP contribution in [0.4, 0.5) is 5.95 Å². The van der Waals surface area contributed by atoms with Gasteiger partial charge in [-0.1, -0.05) is 0 Å². The minimum Gasteiger partial charge on any atom is -0.367 e. The van der Waals surface area contributed by atoms with E-state index in [2.05, 4.69) is 10.2 Å². The predicted molar refractivity (Wildman–Crippen MR) is 47.1 cm³/mol. The highest BCUT2D eigenvalue weighted by Crippen LogP contribution is 2.33. The largest absolute Gasteiger partial charge is 0.367 e. The van der Waals surface area contributed by atoms with Crippen LogP contribution in [0.2, 0.25) is 0 Å². The Hall–Kier alpha value is -1.30. The molecule has 4 N–H and O–H groups in total. The highest BCUT2D eigenvalue weighted by molar-refractivity contribution is 5.20. The fraction of sp³-hybridized carbons (Fsp3) is 0.714. The lowest BCUT2D eigenvalue weighted by molar-refractivity contribution is 0.00750. The zero-order valence-corrected chi connectivity index (χ0v) is 7.53. The second-order valence-electron chi connectivity index (χ2n) is 3.43. The molecule has 1 aliphatic heterocycles. The average molecular weight is 183 g/mol. The van der Waals surface area contributed by atoms with E-state index >= 15 is 0 Å². The summed E-state index contributed by atoms with van der Waals surface area (Å²) in [6.45, 7) is 2.69. The molecule has 1 unspecified atom stereocenters. The zero-order chi connectivity index (χ0) is 9.47. The van der Waals surface area contributed by atoms with Gasteiger partial charge in [0.1, 0.15) is 5.60 Å². The smallest absolute Gasteiger partial charge is 0.240 e. The average Bonchev–Trinajstić information content (AvgIpc) is 2.63. The third-order valence-corrected chi connectivity index (χ3v) is 2.41. The van der Waals surface area contributed by atoms with Crippen molar-refractivity contribution in [3.05, 3.63) is 5.82 Å². The summed E-state index contributed by atoms with van der Waals surface area (Å²) in [6, 6.07) is 0. The number of nitrogens with two attached hydrogens (primary N) is 2. The predicted octanol–water partition coefficient (Wildman–Crippen LogP) is -0.400. The second kappa shape index (κ2) is 2.59. The van der Waals surface area contributed by atoms with Crippen LogP contribution in [0.3, 0.4) is 0 Å². The van der Waals surface area contributed by atoms with Gasteiger partial charge in [-0.05, 0) is 19.8 Å². The molecule has 1 atom stereocenters. The van der Waals surface area contributed by atoms with E-state index in [1.54, 1.807) is 0 Å². The molecule has 0 aromatic carbocycles. The molecule has 6 heteroatoms. The quantitative estimate of drug-likeness (QED) is 0.578. The number of rotatable bonds is 1. The van der Waals surface area contributed by atoms with Gasteiger partial charge in [0.25, 0.3) is 0 Å². The number of ether oxygens (including phenoxy) is 1. The summed E-state index contributed by atoms with van der Waals surface area (Å²) in [7, 11) is 0. The SMILES string of the molecule is CC1(c2nnc(N)n2N)CCCO1. The van der Waals surface area contributed by atoms with Gasteiger partial charge in [-0.3, -0.25) is 0 Å². The fourth-order valence-corrected chi connectivity index (χ4v) is 1.62. The number of nitrogen functional groups attached to an aromatic ring is 2. The van der Waals surface area contributed by atoms with Crippen LogP contribution >= 0.6 is 0 Å². The zero-order valence-electron chi connectivity index (χ0n) is 7.53. The van der Waals surface area contributed by atoms with Crippen LogP contribution in [0.1, 0.15) is 25.6 Å². The molecule has 0 amide bonds. The van der Waals surface area contributed by atoms with Crippen molar-refractivity contribution in [3.8, 4) is 0 Å². The summed E-state index contributed by atoms with van der Waals surface area (Å²) in [5.74, 6) is 6.47. The summed E-state index contributed by atoms with van der Waals surface area (Å²) in [6.07, 6.45) is 1.92. The summed E-state index contributed by atoms with van der Waals surface area (Å²) >= 11 is 0. The van der Waals surface area contributed by atoms with Crippen LogP contribution in [0, 0.1) is 0 Å².